The van der Waals surface area contributed by atoms with Crippen LogP contribution in [0.25, 0.3) is 0 Å². The van der Waals surface area contributed by atoms with Crippen LogP contribution in [0.5, 0.6) is 11.5 Å². The van der Waals surface area contributed by atoms with Gasteiger partial charge in [0.05, 0.1) is 11.0 Å². The first kappa shape index (κ1) is 20.1. The molecule has 2 fully saturated rings. The quantitative estimate of drug-likeness (QED) is 0.723. The number of likely N-dealkylation sites (N-methyl/N-ethyl adjacent to an activating group) is 1. The molecule has 7 atom stereocenters. The van der Waals surface area contributed by atoms with Crippen molar-refractivity contribution in [2.24, 2.45) is 11.3 Å². The third-order valence-corrected chi connectivity index (χ3v) is 10.2. The number of phenolic OH excluding ortho intramolecular Hbond substituents is 1. The molecule has 2 aliphatic heterocycles. The number of hydrogen-bond acceptors (Lipinski definition) is 5. The number of fused-ring (bicyclic) bond motifs is 1. The molecule has 1 saturated carbocycles. The summed E-state index contributed by atoms with van der Waals surface area (Å²) in [7, 11) is 4.01. The molecule has 168 valence electrons. The monoisotopic (exact) mass is 425 g/mol. The number of piperidine rings is 1. The molecule has 0 radical (unpaired) electrons. The number of methoxy groups -OCH3 is 1. The number of aliphatic hydroxyl groups is 1. The van der Waals surface area contributed by atoms with Crippen LogP contribution in [0.2, 0.25) is 0 Å². The van der Waals surface area contributed by atoms with Gasteiger partial charge < -0.3 is 24.6 Å². The van der Waals surface area contributed by atoms with Crippen LogP contribution in [0.4, 0.5) is 0 Å². The van der Waals surface area contributed by atoms with Crippen molar-refractivity contribution in [2.75, 3.05) is 20.7 Å². The van der Waals surface area contributed by atoms with E-state index in [0.717, 1.165) is 25.8 Å². The molecule has 1 saturated heterocycles. The number of rotatable bonds is 3. The van der Waals surface area contributed by atoms with E-state index in [1.165, 1.54) is 11.1 Å². The lowest BCUT2D eigenvalue weighted by Crippen LogP contribution is -2.85. The molecule has 6 aliphatic rings. The molecule has 2 spiro atoms. The normalized spacial score (nSPS) is 46.7. The molecule has 4 aliphatic carbocycles. The lowest BCUT2D eigenvalue weighted by molar-refractivity contribution is -0.285. The Hall–Kier alpha value is -1.56. The van der Waals surface area contributed by atoms with Gasteiger partial charge in [0, 0.05) is 36.0 Å². The van der Waals surface area contributed by atoms with Crippen molar-refractivity contribution in [3.8, 4) is 11.5 Å². The SMILES string of the molecule is CC[C@@H]1c2ccc(O)c3c2[C@]24CCN(C)[C@@H]1[C@]21C=C[C@@](OC)([C@@H](C(C)(C)O)C1)[C@]4(C)O3. The van der Waals surface area contributed by atoms with E-state index in [1.54, 1.807) is 7.11 Å². The molecular weight excluding hydrogens is 390 g/mol. The Morgan fingerprint density at radius 1 is 1.29 bits per heavy atom. The maximum atomic E-state index is 11.4. The summed E-state index contributed by atoms with van der Waals surface area (Å²) in [5.41, 5.74) is -0.381. The smallest absolute Gasteiger partial charge is 0.166 e. The molecule has 1 aromatic rings. The van der Waals surface area contributed by atoms with Crippen LogP contribution < -0.4 is 4.74 Å². The number of phenols is 1. The summed E-state index contributed by atoms with van der Waals surface area (Å²) in [5, 5.41) is 22.4. The second-order valence-electron chi connectivity index (χ2n) is 11.4. The van der Waals surface area contributed by atoms with E-state index < -0.39 is 16.8 Å². The van der Waals surface area contributed by atoms with Crippen molar-refractivity contribution >= 4 is 0 Å². The molecule has 1 aromatic carbocycles. The maximum Gasteiger partial charge on any atom is 0.166 e. The topological polar surface area (TPSA) is 62.2 Å². The van der Waals surface area contributed by atoms with Crippen LogP contribution in [0, 0.1) is 11.3 Å². The van der Waals surface area contributed by atoms with E-state index >= 15 is 0 Å². The number of nitrogens with zero attached hydrogens (tertiary/aromatic N) is 1. The first-order valence-corrected chi connectivity index (χ1v) is 11.8. The molecule has 2 N–H and O–H groups in total. The molecule has 7 rings (SSSR count). The van der Waals surface area contributed by atoms with Crippen molar-refractivity contribution in [1.29, 1.82) is 0 Å². The van der Waals surface area contributed by atoms with Gasteiger partial charge in [-0.15, -0.1) is 0 Å². The molecule has 5 nitrogen and oxygen atoms in total. The van der Waals surface area contributed by atoms with Gasteiger partial charge in [-0.3, -0.25) is 0 Å². The fraction of sp³-hybridized carbons (Fsp3) is 0.692. The van der Waals surface area contributed by atoms with Crippen molar-refractivity contribution in [3.63, 3.8) is 0 Å². The molecule has 31 heavy (non-hydrogen) atoms. The minimum atomic E-state index is -0.937. The highest BCUT2D eigenvalue weighted by Crippen LogP contribution is 2.80. The van der Waals surface area contributed by atoms with Gasteiger partial charge in [-0.2, -0.15) is 0 Å². The van der Waals surface area contributed by atoms with Crippen LogP contribution in [-0.2, 0) is 10.2 Å². The number of aromatic hydroxyl groups is 1. The number of benzene rings is 1. The third-order valence-electron chi connectivity index (χ3n) is 10.2. The average molecular weight is 426 g/mol. The third kappa shape index (κ3) is 1.75. The first-order valence-electron chi connectivity index (χ1n) is 11.8. The highest BCUT2D eigenvalue weighted by atomic mass is 16.6. The number of likely N-dealkylation sites (tertiary alicyclic amines) is 1. The summed E-state index contributed by atoms with van der Waals surface area (Å²) in [6.45, 7) is 9.25. The van der Waals surface area contributed by atoms with Gasteiger partial charge in [0.2, 0.25) is 0 Å². The summed E-state index contributed by atoms with van der Waals surface area (Å²) >= 11 is 0. The van der Waals surface area contributed by atoms with E-state index in [2.05, 4.69) is 44.0 Å². The summed E-state index contributed by atoms with van der Waals surface area (Å²) in [5.74, 6) is 1.08. The zero-order valence-corrected chi connectivity index (χ0v) is 19.5. The van der Waals surface area contributed by atoms with Crippen molar-refractivity contribution in [3.05, 3.63) is 35.4 Å². The Morgan fingerprint density at radius 2 is 2.03 bits per heavy atom. The predicted molar refractivity (Wildman–Crippen MR) is 119 cm³/mol. The number of hydrogen-bond donors (Lipinski definition) is 2. The second-order valence-corrected chi connectivity index (χ2v) is 11.4. The van der Waals surface area contributed by atoms with Gasteiger partial charge >= 0.3 is 0 Å². The van der Waals surface area contributed by atoms with Gasteiger partial charge in [0.25, 0.3) is 0 Å². The van der Waals surface area contributed by atoms with Crippen LogP contribution in [0.1, 0.15) is 64.0 Å². The molecule has 0 unspecified atom stereocenters. The largest absolute Gasteiger partial charge is 0.504 e. The molecule has 2 heterocycles. The maximum absolute atomic E-state index is 11.4. The standard InChI is InChI=1S/C26H35NO4/c1-7-15-16-8-9-17(28)20-19(16)25-12-13-27(5)21(15)24(25)10-11-26(30-6,23(25,4)31-20)18(14-24)22(2,3)29/h8-11,15,18,21,28-29H,7,12-14H2,1-6H3/t15-,18-,21+,23-,24-,25+,26-/m1/s1. The molecule has 4 bridgehead atoms. The zero-order valence-electron chi connectivity index (χ0n) is 19.5. The fourth-order valence-electron chi connectivity index (χ4n) is 9.22. The van der Waals surface area contributed by atoms with Crippen molar-refractivity contribution in [1.82, 2.24) is 4.90 Å². The first-order chi connectivity index (χ1) is 14.5. The van der Waals surface area contributed by atoms with Gasteiger partial charge in [-0.05, 0) is 65.3 Å². The Kier molecular flexibility index (Phi) is 3.56. The van der Waals surface area contributed by atoms with Crippen molar-refractivity contribution in [2.45, 2.75) is 81.1 Å². The Labute approximate surface area is 185 Å². The number of ether oxygens (including phenoxy) is 2. The lowest BCUT2D eigenvalue weighted by Gasteiger charge is -2.76. The van der Waals surface area contributed by atoms with Crippen LogP contribution >= 0.6 is 0 Å². The van der Waals surface area contributed by atoms with E-state index in [-0.39, 0.29) is 22.5 Å². The van der Waals surface area contributed by atoms with Crippen LogP contribution in [0.3, 0.4) is 0 Å². The molecule has 0 aromatic heterocycles. The molecule has 0 amide bonds. The molecule has 5 heteroatoms. The molecular formula is C26H35NO4. The zero-order chi connectivity index (χ0) is 22.2. The second kappa shape index (κ2) is 5.49. The Balaban J connectivity index is 1.78. The van der Waals surface area contributed by atoms with Gasteiger partial charge in [-0.25, -0.2) is 0 Å². The minimum Gasteiger partial charge on any atom is -0.504 e. The Bertz CT molecular complexity index is 1010. The highest BCUT2D eigenvalue weighted by molar-refractivity contribution is 5.68. The summed E-state index contributed by atoms with van der Waals surface area (Å²) < 4.78 is 13.3. The highest BCUT2D eigenvalue weighted by Gasteiger charge is 2.85. The van der Waals surface area contributed by atoms with Crippen LogP contribution in [0.15, 0.2) is 24.3 Å². The summed E-state index contributed by atoms with van der Waals surface area (Å²) in [6.07, 6.45) is 7.46. The Morgan fingerprint density at radius 3 is 2.68 bits per heavy atom. The minimum absolute atomic E-state index is 0.127. The lowest BCUT2D eigenvalue weighted by atomic mass is 9.31. The van der Waals surface area contributed by atoms with Gasteiger partial charge in [0.15, 0.2) is 11.5 Å². The van der Waals surface area contributed by atoms with E-state index in [9.17, 15) is 10.2 Å². The summed E-state index contributed by atoms with van der Waals surface area (Å²) in [6, 6.07) is 4.26. The van der Waals surface area contributed by atoms with E-state index in [0.29, 0.717) is 17.7 Å². The van der Waals surface area contributed by atoms with Gasteiger partial charge in [-0.1, -0.05) is 25.1 Å². The van der Waals surface area contributed by atoms with E-state index in [1.807, 2.05) is 19.9 Å². The summed E-state index contributed by atoms with van der Waals surface area (Å²) in [4.78, 5) is 2.55. The van der Waals surface area contributed by atoms with Gasteiger partial charge in [0.1, 0.15) is 11.2 Å². The van der Waals surface area contributed by atoms with Crippen LogP contribution in [-0.4, -0.2) is 58.7 Å². The average Bonchev–Trinajstić information content (AvgIpc) is 3.01. The van der Waals surface area contributed by atoms with Crippen molar-refractivity contribution < 1.29 is 19.7 Å². The van der Waals surface area contributed by atoms with E-state index in [4.69, 9.17) is 9.47 Å². The predicted octanol–water partition coefficient (Wildman–Crippen LogP) is 3.72. The fourth-order valence-corrected chi connectivity index (χ4v) is 9.22.